The van der Waals surface area contributed by atoms with E-state index in [1.54, 1.807) is 0 Å². The fourth-order valence-electron chi connectivity index (χ4n) is 1.15. The topological polar surface area (TPSA) is 63.6 Å². The summed E-state index contributed by atoms with van der Waals surface area (Å²) in [6.45, 7) is 3.74. The molecule has 76 valence electrons. The summed E-state index contributed by atoms with van der Waals surface area (Å²) in [5, 5.41) is 8.36. The standard InChI is InChI=1S/C9H16O4/c1-6(2)9(13-3)7(10)4-5-8(11)12/h6,9H,4-5H2,1-3H3,(H,11,12). The van der Waals surface area contributed by atoms with Gasteiger partial charge in [0.1, 0.15) is 6.10 Å². The number of carboxylic acids is 1. The zero-order valence-corrected chi connectivity index (χ0v) is 8.24. The minimum absolute atomic E-state index is 0.0476. The van der Waals surface area contributed by atoms with Crippen LogP contribution in [0.1, 0.15) is 26.7 Å². The number of carbonyl (C=O) groups is 2. The maximum atomic E-state index is 11.3. The fourth-order valence-corrected chi connectivity index (χ4v) is 1.15. The van der Waals surface area contributed by atoms with Crippen molar-refractivity contribution in [3.63, 3.8) is 0 Å². The second-order valence-corrected chi connectivity index (χ2v) is 3.26. The van der Waals surface area contributed by atoms with Gasteiger partial charge in [-0.05, 0) is 5.92 Å². The Hall–Kier alpha value is -0.900. The van der Waals surface area contributed by atoms with Crippen LogP contribution in [-0.2, 0) is 14.3 Å². The Morgan fingerprint density at radius 1 is 1.31 bits per heavy atom. The van der Waals surface area contributed by atoms with Gasteiger partial charge in [0, 0.05) is 13.5 Å². The molecule has 0 aromatic rings. The lowest BCUT2D eigenvalue weighted by Gasteiger charge is -2.16. The van der Waals surface area contributed by atoms with Crippen LogP contribution in [0.2, 0.25) is 0 Å². The molecule has 0 aliphatic heterocycles. The van der Waals surface area contributed by atoms with E-state index < -0.39 is 12.1 Å². The maximum absolute atomic E-state index is 11.3. The molecule has 0 amide bonds. The normalized spacial score (nSPS) is 12.9. The van der Waals surface area contributed by atoms with E-state index in [4.69, 9.17) is 9.84 Å². The second-order valence-electron chi connectivity index (χ2n) is 3.26. The lowest BCUT2D eigenvalue weighted by Crippen LogP contribution is -2.28. The molecule has 0 saturated carbocycles. The average molecular weight is 188 g/mol. The predicted octanol–water partition coefficient (Wildman–Crippen LogP) is 1.09. The number of ketones is 1. The number of carbonyl (C=O) groups excluding carboxylic acids is 1. The smallest absolute Gasteiger partial charge is 0.303 e. The van der Waals surface area contributed by atoms with Gasteiger partial charge in [0.05, 0.1) is 6.42 Å². The number of Topliss-reactive ketones (excluding diaryl/α,β-unsaturated/α-hetero) is 1. The monoisotopic (exact) mass is 188 g/mol. The molecular formula is C9H16O4. The zero-order valence-electron chi connectivity index (χ0n) is 8.24. The summed E-state index contributed by atoms with van der Waals surface area (Å²) in [7, 11) is 1.46. The molecule has 0 bridgehead atoms. The molecule has 1 N–H and O–H groups in total. The molecule has 0 aliphatic carbocycles. The summed E-state index contributed by atoms with van der Waals surface area (Å²) in [4.78, 5) is 21.5. The van der Waals surface area contributed by atoms with E-state index in [1.165, 1.54) is 7.11 Å². The van der Waals surface area contributed by atoms with Gasteiger partial charge in [0.25, 0.3) is 0 Å². The maximum Gasteiger partial charge on any atom is 0.303 e. The molecule has 1 unspecified atom stereocenters. The molecule has 0 heterocycles. The first-order valence-electron chi connectivity index (χ1n) is 4.26. The van der Waals surface area contributed by atoms with Gasteiger partial charge in [-0.3, -0.25) is 9.59 Å². The average Bonchev–Trinajstić information content (AvgIpc) is 2.01. The quantitative estimate of drug-likeness (QED) is 0.677. The summed E-state index contributed by atoms with van der Waals surface area (Å²) < 4.78 is 4.96. The van der Waals surface area contributed by atoms with Crippen molar-refractivity contribution in [1.29, 1.82) is 0 Å². The minimum Gasteiger partial charge on any atom is -0.481 e. The Balaban J connectivity index is 3.99. The molecule has 0 aromatic carbocycles. The highest BCUT2D eigenvalue weighted by molar-refractivity contribution is 5.86. The molecule has 4 nitrogen and oxygen atoms in total. The van der Waals surface area contributed by atoms with Crippen molar-refractivity contribution in [2.75, 3.05) is 7.11 Å². The van der Waals surface area contributed by atoms with E-state index in [0.29, 0.717) is 0 Å². The van der Waals surface area contributed by atoms with E-state index in [-0.39, 0.29) is 24.5 Å². The highest BCUT2D eigenvalue weighted by Gasteiger charge is 2.21. The summed E-state index contributed by atoms with van der Waals surface area (Å²) >= 11 is 0. The Morgan fingerprint density at radius 3 is 2.15 bits per heavy atom. The van der Waals surface area contributed by atoms with Crippen LogP contribution in [0, 0.1) is 5.92 Å². The Labute approximate surface area is 77.9 Å². The summed E-state index contributed by atoms with van der Waals surface area (Å²) in [6, 6.07) is 0. The van der Waals surface area contributed by atoms with E-state index in [9.17, 15) is 9.59 Å². The van der Waals surface area contributed by atoms with Crippen LogP contribution >= 0.6 is 0 Å². The third-order valence-corrected chi connectivity index (χ3v) is 1.76. The summed E-state index contributed by atoms with van der Waals surface area (Å²) in [5.74, 6) is -1.00. The predicted molar refractivity (Wildman–Crippen MR) is 47.5 cm³/mol. The molecule has 0 fully saturated rings. The van der Waals surface area contributed by atoms with Crippen LogP contribution in [0.3, 0.4) is 0 Å². The summed E-state index contributed by atoms with van der Waals surface area (Å²) in [6.07, 6.45) is -0.545. The second kappa shape index (κ2) is 5.70. The first kappa shape index (κ1) is 12.1. The van der Waals surface area contributed by atoms with Crippen LogP contribution < -0.4 is 0 Å². The van der Waals surface area contributed by atoms with Crippen LogP contribution in [-0.4, -0.2) is 30.1 Å². The van der Waals surface area contributed by atoms with Crippen molar-refractivity contribution in [3.8, 4) is 0 Å². The van der Waals surface area contributed by atoms with Gasteiger partial charge in [0.15, 0.2) is 5.78 Å². The van der Waals surface area contributed by atoms with Gasteiger partial charge >= 0.3 is 5.97 Å². The third-order valence-electron chi connectivity index (χ3n) is 1.76. The van der Waals surface area contributed by atoms with E-state index in [0.717, 1.165) is 0 Å². The molecule has 13 heavy (non-hydrogen) atoms. The Bertz CT molecular complexity index is 186. The number of hydrogen-bond donors (Lipinski definition) is 1. The van der Waals surface area contributed by atoms with Crippen molar-refractivity contribution >= 4 is 11.8 Å². The highest BCUT2D eigenvalue weighted by atomic mass is 16.5. The van der Waals surface area contributed by atoms with Crippen molar-refractivity contribution < 1.29 is 19.4 Å². The van der Waals surface area contributed by atoms with Gasteiger partial charge in [-0.15, -0.1) is 0 Å². The van der Waals surface area contributed by atoms with Crippen molar-refractivity contribution in [2.45, 2.75) is 32.8 Å². The summed E-state index contributed by atoms with van der Waals surface area (Å²) in [5.41, 5.74) is 0. The molecule has 1 atom stereocenters. The number of aliphatic carboxylic acids is 1. The number of hydrogen-bond acceptors (Lipinski definition) is 3. The number of ether oxygens (including phenoxy) is 1. The molecule has 0 spiro atoms. The number of rotatable bonds is 6. The van der Waals surface area contributed by atoms with E-state index >= 15 is 0 Å². The fraction of sp³-hybridized carbons (Fsp3) is 0.778. The van der Waals surface area contributed by atoms with Gasteiger partial charge in [-0.25, -0.2) is 0 Å². The van der Waals surface area contributed by atoms with Crippen LogP contribution in [0.15, 0.2) is 0 Å². The third kappa shape index (κ3) is 4.62. The SMILES string of the molecule is COC(C(=O)CCC(=O)O)C(C)C. The Kier molecular flexibility index (Phi) is 5.30. The Morgan fingerprint density at radius 2 is 1.85 bits per heavy atom. The van der Waals surface area contributed by atoms with E-state index in [1.807, 2.05) is 13.8 Å². The number of methoxy groups -OCH3 is 1. The first-order chi connectivity index (χ1) is 5.99. The van der Waals surface area contributed by atoms with Crippen LogP contribution in [0.5, 0.6) is 0 Å². The lowest BCUT2D eigenvalue weighted by molar-refractivity contribution is -0.140. The molecular weight excluding hydrogens is 172 g/mol. The number of carboxylic acid groups (broad SMARTS) is 1. The minimum atomic E-state index is -0.952. The molecule has 0 saturated heterocycles. The van der Waals surface area contributed by atoms with Crippen molar-refractivity contribution in [1.82, 2.24) is 0 Å². The molecule has 4 heteroatoms. The highest BCUT2D eigenvalue weighted by Crippen LogP contribution is 2.09. The molecule has 0 aliphatic rings. The van der Waals surface area contributed by atoms with Gasteiger partial charge < -0.3 is 9.84 Å². The first-order valence-corrected chi connectivity index (χ1v) is 4.26. The van der Waals surface area contributed by atoms with Gasteiger partial charge in [-0.2, -0.15) is 0 Å². The van der Waals surface area contributed by atoms with Crippen molar-refractivity contribution in [3.05, 3.63) is 0 Å². The molecule has 0 aromatic heterocycles. The molecule has 0 rings (SSSR count). The largest absolute Gasteiger partial charge is 0.481 e. The van der Waals surface area contributed by atoms with Gasteiger partial charge in [0.2, 0.25) is 0 Å². The lowest BCUT2D eigenvalue weighted by atomic mass is 10.00. The zero-order chi connectivity index (χ0) is 10.4. The molecule has 0 radical (unpaired) electrons. The van der Waals surface area contributed by atoms with Crippen molar-refractivity contribution in [2.24, 2.45) is 5.92 Å². The van der Waals surface area contributed by atoms with Crippen LogP contribution in [0.25, 0.3) is 0 Å². The van der Waals surface area contributed by atoms with Gasteiger partial charge in [-0.1, -0.05) is 13.8 Å². The van der Waals surface area contributed by atoms with E-state index in [2.05, 4.69) is 0 Å². The van der Waals surface area contributed by atoms with Crippen LogP contribution in [0.4, 0.5) is 0 Å².